The molecule has 0 aromatic carbocycles. The predicted molar refractivity (Wildman–Crippen MR) is 52.4 cm³/mol. The Bertz CT molecular complexity index is 213. The fraction of sp³-hybridized carbons (Fsp3) is 0.700. The molecule has 0 saturated heterocycles. The largest absolute Gasteiger partial charge is 0.480 e. The standard InChI is InChI=1S/C10H17NO2/c1-4-5-6-7-11(9(2)3)8-10(12)13/h9H,6-8H2,1-3H3,(H,12,13). The lowest BCUT2D eigenvalue weighted by Crippen LogP contribution is -2.36. The van der Waals surface area contributed by atoms with Crippen LogP contribution in [-0.4, -0.2) is 35.1 Å². The lowest BCUT2D eigenvalue weighted by atomic mass is 10.3. The summed E-state index contributed by atoms with van der Waals surface area (Å²) in [7, 11) is 0. The molecule has 3 nitrogen and oxygen atoms in total. The number of nitrogens with zero attached hydrogens (tertiary/aromatic N) is 1. The number of carbonyl (C=O) groups is 1. The molecule has 0 bridgehead atoms. The molecular formula is C10H17NO2. The Morgan fingerprint density at radius 3 is 2.54 bits per heavy atom. The van der Waals surface area contributed by atoms with Crippen molar-refractivity contribution in [3.8, 4) is 11.8 Å². The monoisotopic (exact) mass is 183 g/mol. The third-order valence-electron chi connectivity index (χ3n) is 1.77. The van der Waals surface area contributed by atoms with E-state index in [0.717, 1.165) is 13.0 Å². The summed E-state index contributed by atoms with van der Waals surface area (Å²) in [5.41, 5.74) is 0. The molecule has 0 aromatic rings. The van der Waals surface area contributed by atoms with Crippen molar-refractivity contribution in [2.24, 2.45) is 0 Å². The van der Waals surface area contributed by atoms with Crippen molar-refractivity contribution in [2.45, 2.75) is 33.2 Å². The van der Waals surface area contributed by atoms with Crippen molar-refractivity contribution in [1.29, 1.82) is 0 Å². The first-order valence-electron chi connectivity index (χ1n) is 4.43. The maximum Gasteiger partial charge on any atom is 0.317 e. The third kappa shape index (κ3) is 6.18. The van der Waals surface area contributed by atoms with Gasteiger partial charge in [-0.15, -0.1) is 11.8 Å². The van der Waals surface area contributed by atoms with Crippen LogP contribution in [-0.2, 0) is 4.79 Å². The van der Waals surface area contributed by atoms with Gasteiger partial charge in [0.05, 0.1) is 6.54 Å². The van der Waals surface area contributed by atoms with E-state index in [4.69, 9.17) is 5.11 Å². The second-order valence-electron chi connectivity index (χ2n) is 3.13. The molecule has 0 unspecified atom stereocenters. The summed E-state index contributed by atoms with van der Waals surface area (Å²) in [4.78, 5) is 12.4. The maximum absolute atomic E-state index is 10.5. The van der Waals surface area contributed by atoms with Crippen LogP contribution >= 0.6 is 0 Å². The van der Waals surface area contributed by atoms with Crippen LogP contribution in [0.1, 0.15) is 27.2 Å². The van der Waals surface area contributed by atoms with Gasteiger partial charge in [0.15, 0.2) is 0 Å². The van der Waals surface area contributed by atoms with Gasteiger partial charge in [-0.1, -0.05) is 0 Å². The molecule has 0 atom stereocenters. The molecule has 0 aliphatic rings. The Morgan fingerprint density at radius 2 is 2.15 bits per heavy atom. The molecule has 0 spiro atoms. The highest BCUT2D eigenvalue weighted by Gasteiger charge is 2.11. The van der Waals surface area contributed by atoms with E-state index in [1.807, 2.05) is 18.7 Å². The Morgan fingerprint density at radius 1 is 1.54 bits per heavy atom. The molecule has 0 fully saturated rings. The van der Waals surface area contributed by atoms with Crippen LogP contribution in [0.5, 0.6) is 0 Å². The van der Waals surface area contributed by atoms with Gasteiger partial charge in [0, 0.05) is 19.0 Å². The van der Waals surface area contributed by atoms with Gasteiger partial charge in [-0.05, 0) is 20.8 Å². The second kappa shape index (κ2) is 6.50. The lowest BCUT2D eigenvalue weighted by molar-refractivity contribution is -0.138. The summed E-state index contributed by atoms with van der Waals surface area (Å²) < 4.78 is 0. The van der Waals surface area contributed by atoms with Crippen molar-refractivity contribution >= 4 is 5.97 Å². The minimum absolute atomic E-state index is 0.100. The molecule has 74 valence electrons. The van der Waals surface area contributed by atoms with Crippen molar-refractivity contribution in [3.05, 3.63) is 0 Å². The molecule has 0 radical (unpaired) electrons. The average Bonchev–Trinajstić information content (AvgIpc) is 2.02. The second-order valence-corrected chi connectivity index (χ2v) is 3.13. The Labute approximate surface area is 79.7 Å². The number of hydrogen-bond acceptors (Lipinski definition) is 2. The van der Waals surface area contributed by atoms with Gasteiger partial charge in [-0.2, -0.15) is 0 Å². The van der Waals surface area contributed by atoms with Crippen LogP contribution in [0.4, 0.5) is 0 Å². The molecule has 0 rings (SSSR count). The number of hydrogen-bond donors (Lipinski definition) is 1. The zero-order valence-corrected chi connectivity index (χ0v) is 8.50. The van der Waals surface area contributed by atoms with Crippen molar-refractivity contribution in [2.75, 3.05) is 13.1 Å². The van der Waals surface area contributed by atoms with Crippen LogP contribution < -0.4 is 0 Å². The highest BCUT2D eigenvalue weighted by atomic mass is 16.4. The van der Waals surface area contributed by atoms with Gasteiger partial charge in [0.1, 0.15) is 0 Å². The highest BCUT2D eigenvalue weighted by molar-refractivity contribution is 5.69. The van der Waals surface area contributed by atoms with E-state index in [1.165, 1.54) is 0 Å². The van der Waals surface area contributed by atoms with Crippen LogP contribution in [0.2, 0.25) is 0 Å². The van der Waals surface area contributed by atoms with Crippen molar-refractivity contribution in [1.82, 2.24) is 4.90 Å². The number of aliphatic carboxylic acids is 1. The van der Waals surface area contributed by atoms with Crippen molar-refractivity contribution in [3.63, 3.8) is 0 Å². The maximum atomic E-state index is 10.5. The molecule has 0 heterocycles. The van der Waals surface area contributed by atoms with Crippen LogP contribution in [0.25, 0.3) is 0 Å². The molecule has 0 aliphatic heterocycles. The van der Waals surface area contributed by atoms with E-state index < -0.39 is 5.97 Å². The molecule has 0 aromatic heterocycles. The SMILES string of the molecule is CC#CCCN(CC(=O)O)C(C)C. The molecule has 0 amide bonds. The first kappa shape index (κ1) is 12.0. The fourth-order valence-electron chi connectivity index (χ4n) is 1.02. The number of carboxylic acids is 1. The number of carboxylic acid groups (broad SMARTS) is 1. The molecule has 1 N–H and O–H groups in total. The molecule has 13 heavy (non-hydrogen) atoms. The van der Waals surface area contributed by atoms with Gasteiger partial charge in [-0.3, -0.25) is 9.69 Å². The van der Waals surface area contributed by atoms with E-state index in [9.17, 15) is 4.79 Å². The van der Waals surface area contributed by atoms with Gasteiger partial charge in [-0.25, -0.2) is 0 Å². The van der Waals surface area contributed by atoms with Gasteiger partial charge in [0.25, 0.3) is 0 Å². The number of rotatable bonds is 5. The van der Waals surface area contributed by atoms with Crippen molar-refractivity contribution < 1.29 is 9.90 Å². The minimum Gasteiger partial charge on any atom is -0.480 e. The molecular weight excluding hydrogens is 166 g/mol. The normalized spacial score (nSPS) is 9.92. The first-order valence-corrected chi connectivity index (χ1v) is 4.43. The van der Waals surface area contributed by atoms with E-state index in [0.29, 0.717) is 0 Å². The van der Waals surface area contributed by atoms with Gasteiger partial charge in [0.2, 0.25) is 0 Å². The first-order chi connectivity index (χ1) is 6.07. The predicted octanol–water partition coefficient (Wildman–Crippen LogP) is 1.19. The summed E-state index contributed by atoms with van der Waals surface area (Å²) in [6.45, 7) is 6.59. The Balaban J connectivity index is 3.92. The average molecular weight is 183 g/mol. The zero-order valence-electron chi connectivity index (χ0n) is 8.50. The van der Waals surface area contributed by atoms with Gasteiger partial charge >= 0.3 is 5.97 Å². The zero-order chi connectivity index (χ0) is 10.3. The molecule has 3 heteroatoms. The van der Waals surface area contributed by atoms with E-state index >= 15 is 0 Å². The van der Waals surface area contributed by atoms with Crippen LogP contribution in [0, 0.1) is 11.8 Å². The minimum atomic E-state index is -0.779. The molecule has 0 saturated carbocycles. The smallest absolute Gasteiger partial charge is 0.317 e. The Hall–Kier alpha value is -1.01. The molecule has 0 aliphatic carbocycles. The van der Waals surface area contributed by atoms with Crippen LogP contribution in [0.3, 0.4) is 0 Å². The summed E-state index contributed by atoms with van der Waals surface area (Å²) in [6, 6.07) is 0.259. The highest BCUT2D eigenvalue weighted by Crippen LogP contribution is 1.98. The summed E-state index contributed by atoms with van der Waals surface area (Å²) >= 11 is 0. The van der Waals surface area contributed by atoms with E-state index in [2.05, 4.69) is 11.8 Å². The summed E-state index contributed by atoms with van der Waals surface area (Å²) in [5.74, 6) is 4.93. The fourth-order valence-corrected chi connectivity index (χ4v) is 1.02. The summed E-state index contributed by atoms with van der Waals surface area (Å²) in [5, 5.41) is 8.61. The lowest BCUT2D eigenvalue weighted by Gasteiger charge is -2.23. The van der Waals surface area contributed by atoms with Crippen LogP contribution in [0.15, 0.2) is 0 Å². The van der Waals surface area contributed by atoms with E-state index in [-0.39, 0.29) is 12.6 Å². The summed E-state index contributed by atoms with van der Waals surface area (Å²) in [6.07, 6.45) is 0.738. The Kier molecular flexibility index (Phi) is 5.99. The van der Waals surface area contributed by atoms with E-state index in [1.54, 1.807) is 6.92 Å². The van der Waals surface area contributed by atoms with Gasteiger partial charge < -0.3 is 5.11 Å². The quantitative estimate of drug-likeness (QED) is 0.651. The third-order valence-corrected chi connectivity index (χ3v) is 1.77. The topological polar surface area (TPSA) is 40.5 Å².